The molecule has 6 amide bonds. The minimum Gasteiger partial charge on any atom is -0.491 e. The van der Waals surface area contributed by atoms with Crippen molar-refractivity contribution in [1.29, 1.82) is 0 Å². The minimum absolute atomic E-state index is 0.0638. The Hall–Kier alpha value is -10.8. The summed E-state index contributed by atoms with van der Waals surface area (Å²) >= 11 is 0. The van der Waals surface area contributed by atoms with Gasteiger partial charge in [-0.2, -0.15) is 26.3 Å². The highest BCUT2D eigenvalue weighted by atomic mass is 19.4. The summed E-state index contributed by atoms with van der Waals surface area (Å²) in [5, 5.41) is 25.8. The number of ether oxygens (including phenoxy) is 3. The monoisotopic (exact) mass is 1480 g/mol. The van der Waals surface area contributed by atoms with Gasteiger partial charge in [-0.1, -0.05) is 13.8 Å². The molecule has 0 aromatic carbocycles. The topological polar surface area (TPSA) is 338 Å². The molecule has 6 aromatic rings. The standard InChI is InChI=1S/C26H28F3N5O4.C22H22F3N5O5.C22H23F2N5O4/c1-15(26(27,28)29)10-22(36)19-2-3-20-24(31-19)34(18-5-8-33(20)13-18)25(37)32-23-12-17(4-7-30-23)21(35)11-16-6-9-38-14-16;1-12(22(23,24)25)8-17(31)15-2-3-16-20(27-15)30(13-5-7-29(16)10-13)21(34)28-18-9-14(4-6-26-18)35-11-19(32)33;23-22(24)11-13(22)9-18(31)16-1-2-17-20(26-16)29(14-4-6-28(17)12-14)21(32)27-19-10-15(3-5-25-19)33-8-7-30/h2-4,7,12,15-16,18H,5-6,8-11,13-14H2,1H3,(H,30,32,37);2-4,6,9,12-13H,5,7-8,10-11H2,1H3,(H,32,33)(H,26,28,34);1-3,5,10,13-14,30H,4,6-9,11-12H2,(H,25,27,32)/t15-,16+,18-;12-,13-;13-,14+/m001/s1. The second-order valence-electron chi connectivity index (χ2n) is 26.9. The first-order valence-corrected chi connectivity index (χ1v) is 34.2. The van der Waals surface area contributed by atoms with Crippen LogP contribution in [0.25, 0.3) is 0 Å². The summed E-state index contributed by atoms with van der Waals surface area (Å²) < 4.78 is 120. The molecule has 5 N–H and O–H groups in total. The SMILES string of the molecule is C[C@@H](CC(=O)c1ccc2c(n1)N(C(=O)Nc1cc(C(=O)C[C@H]3CCOC3)ccn1)[C@H]1CCN2C1)C(F)(F)F.C[C@@H](CC(=O)c1ccc2c(n1)N(C(=O)Nc1cc(OCC(=O)O)ccn1)[C@H]1CCN2C1)C(F)(F)F.O=C(C[C@@H]1CC1(F)F)c1ccc2c(n1)N(C(=O)Nc1cc(OCCO)ccn1)[C@H]1CCN2C1. The maximum atomic E-state index is 13.4. The van der Waals surface area contributed by atoms with Gasteiger partial charge in [0.2, 0.25) is 0 Å². The van der Waals surface area contributed by atoms with Crippen molar-refractivity contribution in [2.24, 2.45) is 23.7 Å². The number of aliphatic hydroxyl groups is 1. The van der Waals surface area contributed by atoms with Crippen LogP contribution in [0, 0.1) is 23.7 Å². The van der Waals surface area contributed by atoms with Crippen molar-refractivity contribution in [3.8, 4) is 11.5 Å². The molecule has 1 saturated carbocycles. The van der Waals surface area contributed by atoms with Crippen molar-refractivity contribution in [1.82, 2.24) is 29.9 Å². The summed E-state index contributed by atoms with van der Waals surface area (Å²) in [7, 11) is 0. The molecule has 562 valence electrons. The number of nitrogens with zero attached hydrogens (tertiary/aromatic N) is 12. The number of aliphatic carboxylic acids is 1. The molecule has 28 nitrogen and oxygen atoms in total. The van der Waals surface area contributed by atoms with Gasteiger partial charge in [0.05, 0.1) is 53.6 Å². The van der Waals surface area contributed by atoms with Crippen molar-refractivity contribution < 1.29 is 97.9 Å². The second-order valence-corrected chi connectivity index (χ2v) is 26.9. The summed E-state index contributed by atoms with van der Waals surface area (Å²) in [6.07, 6.45) is -3.54. The zero-order valence-corrected chi connectivity index (χ0v) is 57.1. The Kier molecular flexibility index (Phi) is 22.0. The number of carboxylic acid groups (broad SMARTS) is 1. The summed E-state index contributed by atoms with van der Waals surface area (Å²) in [6, 6.07) is 16.1. The normalized spacial score (nSPS) is 20.3. The molecule has 0 radical (unpaired) electrons. The number of halogens is 8. The van der Waals surface area contributed by atoms with E-state index in [-0.39, 0.29) is 108 Å². The molecule has 5 fully saturated rings. The fraction of sp³-hybridized carbons (Fsp3) is 0.457. The fourth-order valence-electron chi connectivity index (χ4n) is 13.4. The molecule has 8 aliphatic rings. The number of aliphatic hydroxyl groups excluding tert-OH is 1. The average molecular weight is 1480 g/mol. The van der Waals surface area contributed by atoms with Crippen LogP contribution < -0.4 is 54.8 Å². The molecular weight excluding hydrogens is 1410 g/mol. The summed E-state index contributed by atoms with van der Waals surface area (Å²) in [6.45, 7) is 6.30. The predicted molar refractivity (Wildman–Crippen MR) is 366 cm³/mol. The number of Topliss-reactive ketones (excluding diaryl/α,β-unsaturated/α-hetero) is 4. The fourth-order valence-corrected chi connectivity index (χ4v) is 13.4. The first-order chi connectivity index (χ1) is 50.5. The maximum Gasteiger partial charge on any atom is 0.391 e. The van der Waals surface area contributed by atoms with Gasteiger partial charge in [0.1, 0.15) is 52.6 Å². The number of carbonyl (C=O) groups excluding carboxylic acids is 7. The summed E-state index contributed by atoms with van der Waals surface area (Å²) in [4.78, 5) is 137. The lowest BCUT2D eigenvalue weighted by molar-refractivity contribution is -0.169. The lowest BCUT2D eigenvalue weighted by Gasteiger charge is -2.35. The molecule has 0 spiro atoms. The van der Waals surface area contributed by atoms with Crippen LogP contribution in [0.1, 0.15) is 113 Å². The Labute approximate surface area is 599 Å². The van der Waals surface area contributed by atoms with E-state index in [1.165, 1.54) is 63.6 Å². The minimum atomic E-state index is -4.50. The van der Waals surface area contributed by atoms with E-state index in [4.69, 9.17) is 24.4 Å². The third-order valence-electron chi connectivity index (χ3n) is 19.3. The lowest BCUT2D eigenvalue weighted by Crippen LogP contribution is -2.48. The predicted octanol–water partition coefficient (Wildman–Crippen LogP) is 10.5. The van der Waals surface area contributed by atoms with Crippen LogP contribution in [-0.4, -0.2) is 196 Å². The molecule has 7 atom stereocenters. The number of hydrogen-bond donors (Lipinski definition) is 5. The van der Waals surface area contributed by atoms with Crippen LogP contribution in [0.15, 0.2) is 91.4 Å². The molecule has 106 heavy (non-hydrogen) atoms. The first-order valence-electron chi connectivity index (χ1n) is 34.2. The van der Waals surface area contributed by atoms with E-state index >= 15 is 0 Å². The van der Waals surface area contributed by atoms with E-state index in [2.05, 4.69) is 50.8 Å². The Morgan fingerprint density at radius 1 is 0.566 bits per heavy atom. The van der Waals surface area contributed by atoms with E-state index in [1.807, 2.05) is 9.80 Å². The van der Waals surface area contributed by atoms with Gasteiger partial charge in [-0.15, -0.1) is 0 Å². The Morgan fingerprint density at radius 2 is 0.981 bits per heavy atom. The zero-order valence-electron chi connectivity index (χ0n) is 57.1. The van der Waals surface area contributed by atoms with Gasteiger partial charge < -0.3 is 39.1 Å². The van der Waals surface area contributed by atoms with Crippen LogP contribution >= 0.6 is 0 Å². The summed E-state index contributed by atoms with van der Waals surface area (Å²) in [5.74, 6) is -8.44. The Morgan fingerprint density at radius 3 is 1.38 bits per heavy atom. The lowest BCUT2D eigenvalue weighted by atomic mass is 9.98. The van der Waals surface area contributed by atoms with E-state index in [9.17, 15) is 73.5 Å². The molecule has 6 bridgehead atoms. The number of amides is 6. The quantitative estimate of drug-likeness (QED) is 0.0330. The smallest absolute Gasteiger partial charge is 0.391 e. The van der Waals surface area contributed by atoms with Crippen LogP contribution in [0.3, 0.4) is 0 Å². The maximum absolute atomic E-state index is 13.4. The molecule has 1 aliphatic carbocycles. The highest BCUT2D eigenvalue weighted by Gasteiger charge is 2.57. The van der Waals surface area contributed by atoms with Gasteiger partial charge >= 0.3 is 36.4 Å². The molecule has 36 heteroatoms. The number of carbonyl (C=O) groups is 8. The van der Waals surface area contributed by atoms with Crippen LogP contribution in [-0.2, 0) is 9.53 Å². The van der Waals surface area contributed by atoms with Gasteiger partial charge in [-0.05, 0) is 92.3 Å². The number of fused-ring (bicyclic) bond motifs is 12. The van der Waals surface area contributed by atoms with E-state index in [0.29, 0.717) is 93.7 Å². The third kappa shape index (κ3) is 17.3. The number of nitrogens with one attached hydrogen (secondary N) is 3. The third-order valence-corrected chi connectivity index (χ3v) is 19.3. The molecular formula is C70H73F8N15O13. The van der Waals surface area contributed by atoms with Crippen LogP contribution in [0.2, 0.25) is 0 Å². The number of rotatable bonds is 21. The largest absolute Gasteiger partial charge is 0.491 e. The zero-order chi connectivity index (χ0) is 75.5. The number of ketones is 4. The van der Waals surface area contributed by atoms with E-state index < -0.39 is 96.9 Å². The van der Waals surface area contributed by atoms with E-state index in [1.54, 1.807) is 42.5 Å². The number of alkyl halides is 8. The molecule has 6 aromatic heterocycles. The number of hydrogen-bond acceptors (Lipinski definition) is 21. The highest BCUT2D eigenvalue weighted by Crippen LogP contribution is 2.51. The van der Waals surface area contributed by atoms with Gasteiger partial charge in [0.25, 0.3) is 5.92 Å². The van der Waals surface area contributed by atoms with Gasteiger partial charge in [0, 0.05) is 127 Å². The molecule has 14 rings (SSSR count). The number of urea groups is 3. The van der Waals surface area contributed by atoms with Crippen molar-refractivity contribution in [2.75, 3.05) is 118 Å². The Balaban J connectivity index is 0.000000149. The average Bonchev–Trinajstić information content (AvgIpc) is 1.54. The second kappa shape index (κ2) is 31.1. The number of anilines is 9. The number of pyridine rings is 6. The Bertz CT molecular complexity index is 4360. The van der Waals surface area contributed by atoms with E-state index in [0.717, 1.165) is 38.9 Å². The van der Waals surface area contributed by atoms with Crippen molar-refractivity contribution in [2.45, 2.75) is 108 Å². The number of carboxylic acids is 1. The van der Waals surface area contributed by atoms with Crippen molar-refractivity contribution in [3.63, 3.8) is 0 Å². The molecule has 0 unspecified atom stereocenters. The van der Waals surface area contributed by atoms with Crippen LogP contribution in [0.5, 0.6) is 11.5 Å². The van der Waals surface area contributed by atoms with Gasteiger partial charge in [0.15, 0.2) is 47.2 Å². The molecule has 13 heterocycles. The van der Waals surface area contributed by atoms with Crippen LogP contribution in [0.4, 0.5) is 101 Å². The van der Waals surface area contributed by atoms with Crippen molar-refractivity contribution in [3.05, 3.63) is 114 Å². The molecule has 4 saturated heterocycles. The van der Waals surface area contributed by atoms with Crippen molar-refractivity contribution >= 4 is 99.2 Å². The first kappa shape index (κ1) is 74.9. The number of aromatic nitrogens is 6. The van der Waals surface area contributed by atoms with Gasteiger partial charge in [-0.3, -0.25) is 49.8 Å². The van der Waals surface area contributed by atoms with Gasteiger partial charge in [-0.25, -0.2) is 57.9 Å². The molecule has 7 aliphatic heterocycles. The highest BCUT2D eigenvalue weighted by molar-refractivity contribution is 6.08. The summed E-state index contributed by atoms with van der Waals surface area (Å²) in [5.41, 5.74) is 2.18.